The number of carbonyl (C=O) groups is 2. The van der Waals surface area contributed by atoms with Crippen molar-refractivity contribution in [1.29, 1.82) is 0 Å². The summed E-state index contributed by atoms with van der Waals surface area (Å²) in [6, 6.07) is 0. The molecule has 5 heteroatoms. The molecule has 2 rings (SSSR count). The molecule has 24 heavy (non-hydrogen) atoms. The zero-order valence-corrected chi connectivity index (χ0v) is 15.6. The minimum atomic E-state index is -0.991. The highest BCUT2D eigenvalue weighted by Gasteiger charge is 2.39. The van der Waals surface area contributed by atoms with Crippen LogP contribution in [0.3, 0.4) is 0 Å². The summed E-state index contributed by atoms with van der Waals surface area (Å²) in [5.74, 6) is -0.200. The molecule has 0 atom stereocenters. The van der Waals surface area contributed by atoms with Gasteiger partial charge in [-0.15, -0.1) is 0 Å². The molecule has 5 nitrogen and oxygen atoms in total. The van der Waals surface area contributed by atoms with E-state index in [-0.39, 0.29) is 11.8 Å². The molecule has 1 saturated heterocycles. The highest BCUT2D eigenvalue weighted by molar-refractivity contribution is 6.04. The molecule has 1 aliphatic heterocycles. The van der Waals surface area contributed by atoms with Gasteiger partial charge in [-0.25, -0.2) is 0 Å². The standard InChI is InChI=1S/C19H33N3O2/c1-4-21-12-14-22(15-13-21)18(24)19(2,3)17(23)20-11-10-16-8-6-5-7-9-16/h8H,4-7,9-15H2,1-3H3,(H,20,23). The summed E-state index contributed by atoms with van der Waals surface area (Å²) < 4.78 is 0. The van der Waals surface area contributed by atoms with Crippen LogP contribution < -0.4 is 5.32 Å². The van der Waals surface area contributed by atoms with Crippen LogP contribution in [0.25, 0.3) is 0 Å². The van der Waals surface area contributed by atoms with Crippen LogP contribution in [0, 0.1) is 5.41 Å². The van der Waals surface area contributed by atoms with Crippen molar-refractivity contribution in [1.82, 2.24) is 15.1 Å². The molecule has 0 bridgehead atoms. The van der Waals surface area contributed by atoms with Gasteiger partial charge in [0.05, 0.1) is 0 Å². The first-order chi connectivity index (χ1) is 11.4. The Hall–Kier alpha value is -1.36. The van der Waals surface area contributed by atoms with Crippen LogP contribution in [-0.2, 0) is 9.59 Å². The molecule has 136 valence electrons. The fourth-order valence-corrected chi connectivity index (χ4v) is 3.45. The van der Waals surface area contributed by atoms with Crippen LogP contribution in [0.4, 0.5) is 0 Å². The highest BCUT2D eigenvalue weighted by atomic mass is 16.2. The van der Waals surface area contributed by atoms with Gasteiger partial charge >= 0.3 is 0 Å². The summed E-state index contributed by atoms with van der Waals surface area (Å²) in [4.78, 5) is 29.4. The van der Waals surface area contributed by atoms with Gasteiger partial charge in [-0.05, 0) is 52.5 Å². The van der Waals surface area contributed by atoms with E-state index in [2.05, 4.69) is 23.2 Å². The Morgan fingerprint density at radius 3 is 2.46 bits per heavy atom. The third kappa shape index (κ3) is 4.82. The lowest BCUT2D eigenvalue weighted by molar-refractivity contribution is -0.149. The van der Waals surface area contributed by atoms with Crippen molar-refractivity contribution in [3.05, 3.63) is 11.6 Å². The van der Waals surface area contributed by atoms with E-state index in [1.807, 2.05) is 4.90 Å². The number of allylic oxidation sites excluding steroid dienone is 1. The second-order valence-corrected chi connectivity index (χ2v) is 7.47. The Bertz CT molecular complexity index is 477. The lowest BCUT2D eigenvalue weighted by Gasteiger charge is -2.37. The number of hydrogen-bond donors (Lipinski definition) is 1. The van der Waals surface area contributed by atoms with Crippen molar-refractivity contribution >= 4 is 11.8 Å². The van der Waals surface area contributed by atoms with E-state index in [1.54, 1.807) is 13.8 Å². The number of rotatable bonds is 6. The van der Waals surface area contributed by atoms with Gasteiger partial charge in [0.2, 0.25) is 11.8 Å². The normalized spacial score (nSPS) is 19.8. The lowest BCUT2D eigenvalue weighted by Crippen LogP contribution is -2.55. The van der Waals surface area contributed by atoms with Crippen molar-refractivity contribution in [2.24, 2.45) is 5.41 Å². The Kier molecular flexibility index (Phi) is 6.84. The van der Waals surface area contributed by atoms with Crippen LogP contribution in [0.2, 0.25) is 0 Å². The Labute approximate surface area is 146 Å². The van der Waals surface area contributed by atoms with E-state index in [1.165, 1.54) is 18.4 Å². The van der Waals surface area contributed by atoms with Gasteiger partial charge < -0.3 is 15.1 Å². The molecule has 0 radical (unpaired) electrons. The topological polar surface area (TPSA) is 52.7 Å². The van der Waals surface area contributed by atoms with Gasteiger partial charge in [-0.3, -0.25) is 9.59 Å². The van der Waals surface area contributed by atoms with E-state index in [9.17, 15) is 9.59 Å². The smallest absolute Gasteiger partial charge is 0.237 e. The summed E-state index contributed by atoms with van der Waals surface area (Å²) in [7, 11) is 0. The molecular formula is C19H33N3O2. The number of likely N-dealkylation sites (N-methyl/N-ethyl adjacent to an activating group) is 1. The first-order valence-corrected chi connectivity index (χ1v) is 9.43. The molecule has 0 unspecified atom stereocenters. The largest absolute Gasteiger partial charge is 0.355 e. The van der Waals surface area contributed by atoms with Crippen LogP contribution in [0.1, 0.15) is 52.9 Å². The van der Waals surface area contributed by atoms with E-state index in [4.69, 9.17) is 0 Å². The molecule has 0 aromatic rings. The third-order valence-electron chi connectivity index (χ3n) is 5.33. The number of carbonyl (C=O) groups excluding carboxylic acids is 2. The van der Waals surface area contributed by atoms with Gasteiger partial charge in [-0.2, -0.15) is 0 Å². The Morgan fingerprint density at radius 1 is 1.17 bits per heavy atom. The molecule has 1 fully saturated rings. The van der Waals surface area contributed by atoms with Crippen LogP contribution in [0.5, 0.6) is 0 Å². The minimum absolute atomic E-state index is 0.0485. The van der Waals surface area contributed by atoms with Crippen molar-refractivity contribution < 1.29 is 9.59 Å². The average molecular weight is 335 g/mol. The van der Waals surface area contributed by atoms with E-state index in [0.29, 0.717) is 6.54 Å². The molecule has 1 heterocycles. The summed E-state index contributed by atoms with van der Waals surface area (Å²) in [5.41, 5.74) is 0.455. The average Bonchev–Trinajstić information content (AvgIpc) is 2.62. The van der Waals surface area contributed by atoms with Crippen molar-refractivity contribution in [2.75, 3.05) is 39.3 Å². The molecule has 0 spiro atoms. The van der Waals surface area contributed by atoms with E-state index >= 15 is 0 Å². The van der Waals surface area contributed by atoms with Crippen LogP contribution in [0.15, 0.2) is 11.6 Å². The maximum absolute atomic E-state index is 12.8. The van der Waals surface area contributed by atoms with Crippen molar-refractivity contribution in [2.45, 2.75) is 52.9 Å². The summed E-state index contributed by atoms with van der Waals surface area (Å²) in [6.07, 6.45) is 8.07. The molecule has 0 aromatic heterocycles. The molecule has 1 N–H and O–H groups in total. The lowest BCUT2D eigenvalue weighted by atomic mass is 9.89. The van der Waals surface area contributed by atoms with Gasteiger partial charge in [0.25, 0.3) is 0 Å². The van der Waals surface area contributed by atoms with Crippen LogP contribution in [-0.4, -0.2) is 60.9 Å². The molecular weight excluding hydrogens is 302 g/mol. The molecule has 2 amide bonds. The zero-order valence-electron chi connectivity index (χ0n) is 15.6. The highest BCUT2D eigenvalue weighted by Crippen LogP contribution is 2.22. The van der Waals surface area contributed by atoms with Gasteiger partial charge in [-0.1, -0.05) is 18.6 Å². The fourth-order valence-electron chi connectivity index (χ4n) is 3.45. The number of nitrogens with zero attached hydrogens (tertiary/aromatic N) is 2. The van der Waals surface area contributed by atoms with Gasteiger partial charge in [0, 0.05) is 32.7 Å². The Morgan fingerprint density at radius 2 is 1.88 bits per heavy atom. The summed E-state index contributed by atoms with van der Waals surface area (Å²) >= 11 is 0. The van der Waals surface area contributed by atoms with Crippen LogP contribution >= 0.6 is 0 Å². The minimum Gasteiger partial charge on any atom is -0.355 e. The molecule has 1 aliphatic carbocycles. The number of amides is 2. The van der Waals surface area contributed by atoms with Crippen molar-refractivity contribution in [3.63, 3.8) is 0 Å². The zero-order chi connectivity index (χ0) is 17.6. The monoisotopic (exact) mass is 335 g/mol. The van der Waals surface area contributed by atoms with Gasteiger partial charge in [0.15, 0.2) is 0 Å². The predicted octanol–water partition coefficient (Wildman–Crippen LogP) is 2.18. The molecule has 0 saturated carbocycles. The number of nitrogens with one attached hydrogen (secondary N) is 1. The quantitative estimate of drug-likeness (QED) is 0.598. The van der Waals surface area contributed by atoms with Gasteiger partial charge in [0.1, 0.15) is 5.41 Å². The Balaban J connectivity index is 1.80. The second kappa shape index (κ2) is 8.65. The fraction of sp³-hybridized carbons (Fsp3) is 0.789. The maximum Gasteiger partial charge on any atom is 0.237 e. The second-order valence-electron chi connectivity index (χ2n) is 7.47. The number of piperazine rings is 1. The van der Waals surface area contributed by atoms with E-state index in [0.717, 1.165) is 52.0 Å². The number of hydrogen-bond acceptors (Lipinski definition) is 3. The maximum atomic E-state index is 12.8. The predicted molar refractivity (Wildman–Crippen MR) is 96.7 cm³/mol. The first kappa shape index (κ1) is 19.0. The van der Waals surface area contributed by atoms with E-state index < -0.39 is 5.41 Å². The third-order valence-corrected chi connectivity index (χ3v) is 5.33. The SMILES string of the molecule is CCN1CCN(C(=O)C(C)(C)C(=O)NCCC2=CCCCC2)CC1. The summed E-state index contributed by atoms with van der Waals surface area (Å²) in [6.45, 7) is 10.5. The first-order valence-electron chi connectivity index (χ1n) is 9.43. The van der Waals surface area contributed by atoms with Crippen molar-refractivity contribution in [3.8, 4) is 0 Å². The molecule has 0 aromatic carbocycles. The summed E-state index contributed by atoms with van der Waals surface area (Å²) in [5, 5.41) is 2.97. The molecule has 2 aliphatic rings.